The van der Waals surface area contributed by atoms with Gasteiger partial charge in [0, 0.05) is 17.5 Å². The smallest absolute Gasteiger partial charge is 0.349 e. The molecule has 0 radical (unpaired) electrons. The van der Waals surface area contributed by atoms with Crippen molar-refractivity contribution in [3.8, 4) is 5.75 Å². The van der Waals surface area contributed by atoms with Crippen molar-refractivity contribution >= 4 is 16.9 Å². The number of hydrogen-bond donors (Lipinski definition) is 0. The molecule has 0 N–H and O–H groups in total. The zero-order chi connectivity index (χ0) is 15.0. The van der Waals surface area contributed by atoms with Crippen LogP contribution in [0.2, 0.25) is 0 Å². The second-order valence-electron chi connectivity index (χ2n) is 4.54. The summed E-state index contributed by atoms with van der Waals surface area (Å²) in [6, 6.07) is 7.79. The third-order valence-corrected chi connectivity index (χ3v) is 3.04. The van der Waals surface area contributed by atoms with Crippen molar-refractivity contribution in [2.45, 2.75) is 13.8 Å². The molecule has 0 saturated heterocycles. The molecule has 0 aliphatic heterocycles. The van der Waals surface area contributed by atoms with Gasteiger partial charge in [0.15, 0.2) is 0 Å². The summed E-state index contributed by atoms with van der Waals surface area (Å²) >= 11 is 0. The number of carbonyl (C=O) groups excluding carboxylic acids is 1. The molecule has 0 atom stereocenters. The molecular formula is C15H11NO5. The lowest BCUT2D eigenvalue weighted by Gasteiger charge is -2.04. The summed E-state index contributed by atoms with van der Waals surface area (Å²) in [4.78, 5) is 23.3. The Balaban J connectivity index is 1.95. The number of aryl methyl sites for hydroxylation is 2. The van der Waals surface area contributed by atoms with Crippen molar-refractivity contribution in [2.75, 3.05) is 0 Å². The number of ether oxygens (including phenoxy) is 1. The first-order valence-corrected chi connectivity index (χ1v) is 6.23. The third kappa shape index (κ3) is 2.43. The fourth-order valence-electron chi connectivity index (χ4n) is 2.04. The van der Waals surface area contributed by atoms with Gasteiger partial charge in [-0.1, -0.05) is 5.16 Å². The molecule has 0 spiro atoms. The maximum absolute atomic E-state index is 12.1. The van der Waals surface area contributed by atoms with Gasteiger partial charge in [-0.25, -0.2) is 9.59 Å². The monoisotopic (exact) mass is 285 g/mol. The highest BCUT2D eigenvalue weighted by molar-refractivity contribution is 5.93. The fraction of sp³-hybridized carbons (Fsp3) is 0.133. The Morgan fingerprint density at radius 1 is 1.19 bits per heavy atom. The van der Waals surface area contributed by atoms with Gasteiger partial charge in [-0.3, -0.25) is 0 Å². The van der Waals surface area contributed by atoms with E-state index in [1.54, 1.807) is 32.0 Å². The van der Waals surface area contributed by atoms with Crippen molar-refractivity contribution in [2.24, 2.45) is 0 Å². The topological polar surface area (TPSA) is 82.5 Å². The second kappa shape index (κ2) is 4.90. The minimum atomic E-state index is -0.566. The number of benzene rings is 1. The maximum Gasteiger partial charge on any atom is 0.349 e. The molecule has 0 fully saturated rings. The van der Waals surface area contributed by atoms with Gasteiger partial charge >= 0.3 is 11.6 Å². The van der Waals surface area contributed by atoms with Crippen molar-refractivity contribution in [1.82, 2.24) is 5.16 Å². The standard InChI is InChI=1S/C15H11NO5/c1-8-14(9(2)21-16-8)15(18)19-11-5-3-10-4-6-13(17)20-12(10)7-11/h3-7H,1-2H3. The average Bonchev–Trinajstić information content (AvgIpc) is 2.77. The first-order valence-electron chi connectivity index (χ1n) is 6.23. The van der Waals surface area contributed by atoms with E-state index in [0.29, 0.717) is 22.6 Å². The van der Waals surface area contributed by atoms with Gasteiger partial charge in [0.1, 0.15) is 22.7 Å². The van der Waals surface area contributed by atoms with Crippen molar-refractivity contribution in [3.63, 3.8) is 0 Å². The number of carbonyl (C=O) groups is 1. The Morgan fingerprint density at radius 2 is 1.95 bits per heavy atom. The number of aromatic nitrogens is 1. The van der Waals surface area contributed by atoms with E-state index in [2.05, 4.69) is 5.16 Å². The van der Waals surface area contributed by atoms with Gasteiger partial charge in [-0.2, -0.15) is 0 Å². The molecule has 6 nitrogen and oxygen atoms in total. The summed E-state index contributed by atoms with van der Waals surface area (Å²) in [5.74, 6) is 0.107. The van der Waals surface area contributed by atoms with E-state index < -0.39 is 11.6 Å². The van der Waals surface area contributed by atoms with Crippen LogP contribution in [-0.4, -0.2) is 11.1 Å². The number of fused-ring (bicyclic) bond motifs is 1. The summed E-state index contributed by atoms with van der Waals surface area (Å²) in [7, 11) is 0. The number of rotatable bonds is 2. The summed E-state index contributed by atoms with van der Waals surface area (Å²) < 4.78 is 15.2. The summed E-state index contributed by atoms with van der Waals surface area (Å²) in [6.07, 6.45) is 0. The molecule has 0 amide bonds. The van der Waals surface area contributed by atoms with Gasteiger partial charge < -0.3 is 13.7 Å². The van der Waals surface area contributed by atoms with E-state index in [4.69, 9.17) is 13.7 Å². The van der Waals surface area contributed by atoms with Crippen LogP contribution in [-0.2, 0) is 0 Å². The molecule has 3 rings (SSSR count). The molecule has 21 heavy (non-hydrogen) atoms. The van der Waals surface area contributed by atoms with Crippen LogP contribution >= 0.6 is 0 Å². The molecule has 6 heteroatoms. The van der Waals surface area contributed by atoms with E-state index in [0.717, 1.165) is 5.39 Å². The van der Waals surface area contributed by atoms with E-state index in [9.17, 15) is 9.59 Å². The van der Waals surface area contributed by atoms with Gasteiger partial charge in [0.05, 0.1) is 5.69 Å². The largest absolute Gasteiger partial charge is 0.423 e. The Bertz CT molecular complexity index is 871. The highest BCUT2D eigenvalue weighted by Gasteiger charge is 2.19. The summed E-state index contributed by atoms with van der Waals surface area (Å²) in [6.45, 7) is 3.29. The predicted octanol–water partition coefficient (Wildman–Crippen LogP) is 2.62. The molecule has 2 aromatic heterocycles. The van der Waals surface area contributed by atoms with Crippen molar-refractivity contribution in [1.29, 1.82) is 0 Å². The van der Waals surface area contributed by atoms with E-state index in [-0.39, 0.29) is 5.75 Å². The van der Waals surface area contributed by atoms with Gasteiger partial charge in [-0.05, 0) is 32.0 Å². The van der Waals surface area contributed by atoms with Crippen LogP contribution in [0.15, 0.2) is 44.1 Å². The van der Waals surface area contributed by atoms with E-state index in [1.807, 2.05) is 0 Å². The SMILES string of the molecule is Cc1noc(C)c1C(=O)Oc1ccc2ccc(=O)oc2c1. The van der Waals surface area contributed by atoms with E-state index in [1.165, 1.54) is 12.1 Å². The average molecular weight is 285 g/mol. The molecule has 106 valence electrons. The lowest BCUT2D eigenvalue weighted by atomic mass is 10.2. The normalized spacial score (nSPS) is 10.8. The quantitative estimate of drug-likeness (QED) is 0.409. The van der Waals surface area contributed by atoms with Crippen LogP contribution in [0.1, 0.15) is 21.8 Å². The highest BCUT2D eigenvalue weighted by atomic mass is 16.5. The lowest BCUT2D eigenvalue weighted by Crippen LogP contribution is -2.10. The molecule has 0 saturated carbocycles. The second-order valence-corrected chi connectivity index (χ2v) is 4.54. The van der Waals surface area contributed by atoms with E-state index >= 15 is 0 Å². The minimum Gasteiger partial charge on any atom is -0.423 e. The molecule has 0 bridgehead atoms. The molecule has 0 aliphatic carbocycles. The zero-order valence-corrected chi connectivity index (χ0v) is 11.4. The molecular weight excluding hydrogens is 274 g/mol. The molecule has 0 unspecified atom stereocenters. The fourth-order valence-corrected chi connectivity index (χ4v) is 2.04. The number of hydrogen-bond acceptors (Lipinski definition) is 6. The first kappa shape index (κ1) is 13.1. The van der Waals surface area contributed by atoms with Crippen molar-refractivity contribution in [3.05, 3.63) is 57.8 Å². The number of esters is 1. The third-order valence-electron chi connectivity index (χ3n) is 3.04. The van der Waals surface area contributed by atoms with Crippen LogP contribution < -0.4 is 10.4 Å². The molecule has 0 aliphatic rings. The number of nitrogens with zero attached hydrogens (tertiary/aromatic N) is 1. The summed E-state index contributed by atoms with van der Waals surface area (Å²) in [5.41, 5.74) is 0.651. The molecule has 3 aromatic rings. The predicted molar refractivity (Wildman–Crippen MR) is 73.4 cm³/mol. The Morgan fingerprint density at radius 3 is 2.67 bits per heavy atom. The van der Waals surface area contributed by atoms with Gasteiger partial charge in [-0.15, -0.1) is 0 Å². The lowest BCUT2D eigenvalue weighted by molar-refractivity contribution is 0.0732. The van der Waals surface area contributed by atoms with Crippen LogP contribution in [0.3, 0.4) is 0 Å². The molecule has 1 aromatic carbocycles. The van der Waals surface area contributed by atoms with Crippen LogP contribution in [0.25, 0.3) is 11.0 Å². The van der Waals surface area contributed by atoms with Crippen LogP contribution in [0, 0.1) is 13.8 Å². The summed E-state index contributed by atoms with van der Waals surface area (Å²) in [5, 5.41) is 4.45. The Labute approximate surface area is 118 Å². The van der Waals surface area contributed by atoms with Crippen molar-refractivity contribution < 1.29 is 18.5 Å². The highest BCUT2D eigenvalue weighted by Crippen LogP contribution is 2.21. The zero-order valence-electron chi connectivity index (χ0n) is 11.4. The van der Waals surface area contributed by atoms with Gasteiger partial charge in [0.25, 0.3) is 0 Å². The van der Waals surface area contributed by atoms with Crippen LogP contribution in [0.5, 0.6) is 5.75 Å². The van der Waals surface area contributed by atoms with Crippen LogP contribution in [0.4, 0.5) is 0 Å². The maximum atomic E-state index is 12.1. The van der Waals surface area contributed by atoms with Gasteiger partial charge in [0.2, 0.25) is 0 Å². The Kier molecular flexibility index (Phi) is 3.06. The first-order chi connectivity index (χ1) is 10.0. The Hall–Kier alpha value is -2.89. The minimum absolute atomic E-state index is 0.279. The molecule has 2 heterocycles.